The molecular formula is C23H20. The average molecular weight is 296 g/mol. The van der Waals surface area contributed by atoms with Crippen molar-refractivity contribution < 1.29 is 0 Å². The van der Waals surface area contributed by atoms with Crippen LogP contribution in [0.5, 0.6) is 0 Å². The molecule has 0 aliphatic rings. The first-order chi connectivity index (χ1) is 11.3. The Morgan fingerprint density at radius 2 is 1.00 bits per heavy atom. The monoisotopic (exact) mass is 296 g/mol. The Balaban J connectivity index is 2.13. The maximum absolute atomic E-state index is 2.32. The molecule has 4 aromatic carbocycles. The Morgan fingerprint density at radius 1 is 0.565 bits per heavy atom. The molecule has 0 N–H and O–H groups in total. The maximum atomic E-state index is 2.32. The summed E-state index contributed by atoms with van der Waals surface area (Å²) in [7, 11) is 0. The SMILES string of the molecule is Cc1c2ccccc2c(C(C)c2ccccc2)c2ccccc12. The van der Waals surface area contributed by atoms with E-state index in [2.05, 4.69) is 92.7 Å². The highest BCUT2D eigenvalue weighted by Gasteiger charge is 2.17. The van der Waals surface area contributed by atoms with E-state index in [1.165, 1.54) is 38.2 Å². The van der Waals surface area contributed by atoms with Crippen LogP contribution in [0.15, 0.2) is 78.9 Å². The Hall–Kier alpha value is -2.60. The minimum Gasteiger partial charge on any atom is -0.0622 e. The molecule has 1 unspecified atom stereocenters. The number of benzene rings is 4. The summed E-state index contributed by atoms with van der Waals surface area (Å²) in [4.78, 5) is 0. The highest BCUT2D eigenvalue weighted by molar-refractivity contribution is 6.06. The Labute approximate surface area is 137 Å². The molecule has 0 aliphatic heterocycles. The second-order valence-corrected chi connectivity index (χ2v) is 6.26. The molecule has 4 aromatic rings. The van der Waals surface area contributed by atoms with E-state index in [4.69, 9.17) is 0 Å². The largest absolute Gasteiger partial charge is 0.0622 e. The van der Waals surface area contributed by atoms with Crippen LogP contribution in [0.2, 0.25) is 0 Å². The van der Waals surface area contributed by atoms with Gasteiger partial charge in [-0.25, -0.2) is 0 Å². The molecule has 0 saturated heterocycles. The van der Waals surface area contributed by atoms with E-state index in [0.717, 1.165) is 0 Å². The molecule has 0 heteroatoms. The maximum Gasteiger partial charge on any atom is 0.00733 e. The van der Waals surface area contributed by atoms with Crippen LogP contribution in [0.1, 0.15) is 29.5 Å². The number of aryl methyl sites for hydroxylation is 1. The van der Waals surface area contributed by atoms with E-state index in [1.54, 1.807) is 0 Å². The molecule has 112 valence electrons. The molecular weight excluding hydrogens is 276 g/mol. The molecule has 0 bridgehead atoms. The predicted octanol–water partition coefficient (Wildman–Crippen LogP) is 6.45. The van der Waals surface area contributed by atoms with Gasteiger partial charge in [0.05, 0.1) is 0 Å². The van der Waals surface area contributed by atoms with Gasteiger partial charge in [0.15, 0.2) is 0 Å². The number of fused-ring (bicyclic) bond motifs is 2. The molecule has 0 spiro atoms. The van der Waals surface area contributed by atoms with Crippen LogP contribution in [0.3, 0.4) is 0 Å². The summed E-state index contributed by atoms with van der Waals surface area (Å²) in [6, 6.07) is 28.4. The molecule has 0 fully saturated rings. The van der Waals surface area contributed by atoms with E-state index >= 15 is 0 Å². The minimum absolute atomic E-state index is 0.367. The summed E-state index contributed by atoms with van der Waals surface area (Å²) in [6.45, 7) is 4.56. The highest BCUT2D eigenvalue weighted by Crippen LogP contribution is 2.38. The summed E-state index contributed by atoms with van der Waals surface area (Å²) in [5, 5.41) is 5.48. The normalized spacial score (nSPS) is 12.6. The molecule has 0 aliphatic carbocycles. The molecule has 23 heavy (non-hydrogen) atoms. The van der Waals surface area contributed by atoms with Crippen LogP contribution in [0.4, 0.5) is 0 Å². The van der Waals surface area contributed by atoms with Crippen LogP contribution in [-0.2, 0) is 0 Å². The minimum atomic E-state index is 0.367. The molecule has 0 nitrogen and oxygen atoms in total. The quantitative estimate of drug-likeness (QED) is 0.373. The first-order valence-corrected chi connectivity index (χ1v) is 8.22. The van der Waals surface area contributed by atoms with Gasteiger partial charge in [-0.2, -0.15) is 0 Å². The Kier molecular flexibility index (Phi) is 3.38. The predicted molar refractivity (Wildman–Crippen MR) is 100 cm³/mol. The Bertz CT molecular complexity index is 924. The highest BCUT2D eigenvalue weighted by atomic mass is 14.2. The second-order valence-electron chi connectivity index (χ2n) is 6.26. The standard InChI is InChI=1S/C23H20/c1-16(18-10-4-3-5-11-18)23-21-14-8-6-12-19(21)17(2)20-13-7-9-15-22(20)23/h3-16H,1-2H3. The summed E-state index contributed by atoms with van der Waals surface area (Å²) < 4.78 is 0. The Morgan fingerprint density at radius 3 is 1.52 bits per heavy atom. The van der Waals surface area contributed by atoms with Gasteiger partial charge in [-0.1, -0.05) is 85.8 Å². The van der Waals surface area contributed by atoms with E-state index < -0.39 is 0 Å². The summed E-state index contributed by atoms with van der Waals surface area (Å²) in [5.41, 5.74) is 4.18. The van der Waals surface area contributed by atoms with Crippen molar-refractivity contribution in [2.45, 2.75) is 19.8 Å². The van der Waals surface area contributed by atoms with Crippen molar-refractivity contribution in [2.75, 3.05) is 0 Å². The van der Waals surface area contributed by atoms with Crippen molar-refractivity contribution in [3.63, 3.8) is 0 Å². The average Bonchev–Trinajstić information content (AvgIpc) is 2.63. The van der Waals surface area contributed by atoms with E-state index in [0.29, 0.717) is 5.92 Å². The van der Waals surface area contributed by atoms with Gasteiger partial charge >= 0.3 is 0 Å². The number of hydrogen-bond acceptors (Lipinski definition) is 0. The molecule has 0 saturated carbocycles. The van der Waals surface area contributed by atoms with Gasteiger partial charge in [-0.3, -0.25) is 0 Å². The van der Waals surface area contributed by atoms with Gasteiger partial charge in [0.2, 0.25) is 0 Å². The van der Waals surface area contributed by atoms with E-state index in [-0.39, 0.29) is 0 Å². The third-order valence-corrected chi connectivity index (χ3v) is 4.98. The second kappa shape index (κ2) is 5.55. The molecule has 0 amide bonds. The van der Waals surface area contributed by atoms with Gasteiger partial charge in [-0.05, 0) is 45.2 Å². The first-order valence-electron chi connectivity index (χ1n) is 8.22. The van der Waals surface area contributed by atoms with Crippen LogP contribution < -0.4 is 0 Å². The lowest BCUT2D eigenvalue weighted by Crippen LogP contribution is -2.00. The van der Waals surface area contributed by atoms with Crippen molar-refractivity contribution in [1.82, 2.24) is 0 Å². The van der Waals surface area contributed by atoms with Crippen LogP contribution in [0, 0.1) is 6.92 Å². The molecule has 0 aromatic heterocycles. The van der Waals surface area contributed by atoms with Crippen molar-refractivity contribution in [1.29, 1.82) is 0 Å². The molecule has 0 radical (unpaired) electrons. The first kappa shape index (κ1) is 14.0. The lowest BCUT2D eigenvalue weighted by Gasteiger charge is -2.20. The van der Waals surface area contributed by atoms with Crippen LogP contribution in [0.25, 0.3) is 21.5 Å². The van der Waals surface area contributed by atoms with Crippen molar-refractivity contribution in [2.24, 2.45) is 0 Å². The zero-order chi connectivity index (χ0) is 15.8. The zero-order valence-corrected chi connectivity index (χ0v) is 13.6. The van der Waals surface area contributed by atoms with Gasteiger partial charge in [0.1, 0.15) is 0 Å². The summed E-state index contributed by atoms with van der Waals surface area (Å²) in [5.74, 6) is 0.367. The fraction of sp³-hybridized carbons (Fsp3) is 0.130. The lowest BCUT2D eigenvalue weighted by molar-refractivity contribution is 0.943. The lowest BCUT2D eigenvalue weighted by atomic mass is 9.84. The number of hydrogen-bond donors (Lipinski definition) is 0. The van der Waals surface area contributed by atoms with Crippen LogP contribution >= 0.6 is 0 Å². The summed E-state index contributed by atoms with van der Waals surface area (Å²) >= 11 is 0. The molecule has 0 heterocycles. The van der Waals surface area contributed by atoms with Crippen molar-refractivity contribution in [3.8, 4) is 0 Å². The topological polar surface area (TPSA) is 0 Å². The van der Waals surface area contributed by atoms with Gasteiger partial charge in [-0.15, -0.1) is 0 Å². The number of rotatable bonds is 2. The summed E-state index contributed by atoms with van der Waals surface area (Å²) in [6.07, 6.45) is 0. The van der Waals surface area contributed by atoms with E-state index in [9.17, 15) is 0 Å². The molecule has 4 rings (SSSR count). The molecule has 1 atom stereocenters. The third-order valence-electron chi connectivity index (χ3n) is 4.98. The fourth-order valence-corrected chi connectivity index (χ4v) is 3.76. The van der Waals surface area contributed by atoms with Gasteiger partial charge in [0, 0.05) is 5.92 Å². The zero-order valence-electron chi connectivity index (χ0n) is 13.6. The van der Waals surface area contributed by atoms with Crippen molar-refractivity contribution >= 4 is 21.5 Å². The van der Waals surface area contributed by atoms with Gasteiger partial charge in [0.25, 0.3) is 0 Å². The van der Waals surface area contributed by atoms with Gasteiger partial charge < -0.3 is 0 Å². The van der Waals surface area contributed by atoms with Crippen molar-refractivity contribution in [3.05, 3.63) is 95.6 Å². The van der Waals surface area contributed by atoms with E-state index in [1.807, 2.05) is 0 Å². The third kappa shape index (κ3) is 2.22. The fourth-order valence-electron chi connectivity index (χ4n) is 3.76. The smallest absolute Gasteiger partial charge is 0.00733 e. The van der Waals surface area contributed by atoms with Crippen LogP contribution in [-0.4, -0.2) is 0 Å².